The summed E-state index contributed by atoms with van der Waals surface area (Å²) in [6.45, 7) is 5.36. The standard InChI is InChI=1S/C20H23ClN6/c1-13-16-6-4-8-27(15-5-3-7-26(2)12-15)20(16)25-24-18(13)19-17(21)9-14(10-22)11-23-19/h9,11,15H,3-8,12H2,1-2H3/t15-/m0/s1. The van der Waals surface area contributed by atoms with E-state index in [0.717, 1.165) is 37.3 Å². The van der Waals surface area contributed by atoms with Crippen molar-refractivity contribution >= 4 is 17.4 Å². The molecule has 140 valence electrons. The highest BCUT2D eigenvalue weighted by Gasteiger charge is 2.30. The Morgan fingerprint density at radius 2 is 2.07 bits per heavy atom. The Bertz CT molecular complexity index is 906. The summed E-state index contributed by atoms with van der Waals surface area (Å²) in [5.41, 5.74) is 4.10. The molecular weight excluding hydrogens is 360 g/mol. The van der Waals surface area contributed by atoms with E-state index in [1.807, 2.05) is 0 Å². The van der Waals surface area contributed by atoms with Crippen LogP contribution < -0.4 is 4.90 Å². The third kappa shape index (κ3) is 3.38. The molecule has 6 nitrogen and oxygen atoms in total. The molecule has 0 radical (unpaired) electrons. The normalized spacial score (nSPS) is 20.2. The maximum Gasteiger partial charge on any atom is 0.155 e. The predicted molar refractivity (Wildman–Crippen MR) is 106 cm³/mol. The third-order valence-electron chi connectivity index (χ3n) is 5.66. The van der Waals surface area contributed by atoms with Gasteiger partial charge in [0.25, 0.3) is 0 Å². The van der Waals surface area contributed by atoms with Crippen LogP contribution in [0.15, 0.2) is 12.3 Å². The van der Waals surface area contributed by atoms with Crippen molar-refractivity contribution in [2.24, 2.45) is 0 Å². The summed E-state index contributed by atoms with van der Waals surface area (Å²) in [6, 6.07) is 4.20. The first-order valence-electron chi connectivity index (χ1n) is 9.46. The average Bonchev–Trinajstić information content (AvgIpc) is 2.68. The predicted octanol–water partition coefficient (Wildman–Crippen LogP) is 3.22. The summed E-state index contributed by atoms with van der Waals surface area (Å²) < 4.78 is 0. The molecule has 1 fully saturated rings. The number of likely N-dealkylation sites (tertiary alicyclic amines) is 1. The van der Waals surface area contributed by atoms with Gasteiger partial charge < -0.3 is 9.80 Å². The van der Waals surface area contributed by atoms with Gasteiger partial charge in [0.15, 0.2) is 5.82 Å². The van der Waals surface area contributed by atoms with Crippen LogP contribution in [0, 0.1) is 18.3 Å². The maximum atomic E-state index is 9.02. The fourth-order valence-electron chi connectivity index (χ4n) is 4.25. The molecule has 0 unspecified atom stereocenters. The fraction of sp³-hybridized carbons (Fsp3) is 0.500. The van der Waals surface area contributed by atoms with Gasteiger partial charge in [-0.25, -0.2) is 0 Å². The molecule has 1 atom stereocenters. The summed E-state index contributed by atoms with van der Waals surface area (Å²) in [6.07, 6.45) is 6.08. The Hall–Kier alpha value is -2.23. The quantitative estimate of drug-likeness (QED) is 0.794. The molecule has 0 aromatic carbocycles. The molecule has 0 bridgehead atoms. The molecule has 4 heterocycles. The van der Waals surface area contributed by atoms with Gasteiger partial charge in [-0.15, -0.1) is 10.2 Å². The lowest BCUT2D eigenvalue weighted by atomic mass is 9.95. The van der Waals surface area contributed by atoms with Gasteiger partial charge in [-0.2, -0.15) is 5.26 Å². The summed E-state index contributed by atoms with van der Waals surface area (Å²) in [5.74, 6) is 1.02. The second-order valence-electron chi connectivity index (χ2n) is 7.50. The number of halogens is 1. The molecule has 2 aliphatic heterocycles. The topological polar surface area (TPSA) is 68.9 Å². The first-order chi connectivity index (χ1) is 13.1. The number of pyridine rings is 1. The summed E-state index contributed by atoms with van der Waals surface area (Å²) in [7, 11) is 2.19. The number of anilines is 1. The minimum Gasteiger partial charge on any atom is -0.351 e. The third-order valence-corrected chi connectivity index (χ3v) is 5.94. The van der Waals surface area contributed by atoms with Crippen molar-refractivity contribution in [1.82, 2.24) is 20.1 Å². The van der Waals surface area contributed by atoms with Crippen molar-refractivity contribution in [3.8, 4) is 17.5 Å². The molecule has 1 saturated heterocycles. The van der Waals surface area contributed by atoms with E-state index < -0.39 is 0 Å². The molecule has 0 saturated carbocycles. The second-order valence-corrected chi connectivity index (χ2v) is 7.90. The number of hydrogen-bond donors (Lipinski definition) is 0. The molecule has 2 aromatic heterocycles. The van der Waals surface area contributed by atoms with Crippen LogP contribution >= 0.6 is 11.6 Å². The van der Waals surface area contributed by atoms with Crippen molar-refractivity contribution < 1.29 is 0 Å². The fourth-order valence-corrected chi connectivity index (χ4v) is 4.51. The number of piperidine rings is 1. The van der Waals surface area contributed by atoms with Crippen LogP contribution in [0.25, 0.3) is 11.4 Å². The largest absolute Gasteiger partial charge is 0.351 e. The molecule has 0 amide bonds. The van der Waals surface area contributed by atoms with Crippen LogP contribution in [0.3, 0.4) is 0 Å². The number of rotatable bonds is 2. The monoisotopic (exact) mass is 382 g/mol. The number of hydrogen-bond acceptors (Lipinski definition) is 6. The van der Waals surface area contributed by atoms with Gasteiger partial charge in [0.05, 0.1) is 10.6 Å². The van der Waals surface area contributed by atoms with Crippen molar-refractivity contribution in [3.05, 3.63) is 34.0 Å². The van der Waals surface area contributed by atoms with Gasteiger partial charge in [0.2, 0.25) is 0 Å². The summed E-state index contributed by atoms with van der Waals surface area (Å²) in [4.78, 5) is 9.22. The molecule has 7 heteroatoms. The second kappa shape index (κ2) is 7.41. The van der Waals surface area contributed by atoms with E-state index in [4.69, 9.17) is 16.9 Å². The molecule has 2 aromatic rings. The lowest BCUT2D eigenvalue weighted by Crippen LogP contribution is -2.49. The number of aromatic nitrogens is 3. The van der Waals surface area contributed by atoms with E-state index in [2.05, 4.69) is 45.0 Å². The number of likely N-dealkylation sites (N-methyl/N-ethyl adjacent to an activating group) is 1. The van der Waals surface area contributed by atoms with Gasteiger partial charge in [-0.1, -0.05) is 11.6 Å². The van der Waals surface area contributed by atoms with Crippen LogP contribution in [0.4, 0.5) is 5.82 Å². The lowest BCUT2D eigenvalue weighted by molar-refractivity contribution is 0.242. The zero-order valence-corrected chi connectivity index (χ0v) is 16.5. The average molecular weight is 383 g/mol. The minimum absolute atomic E-state index is 0.438. The van der Waals surface area contributed by atoms with Gasteiger partial charge in [-0.3, -0.25) is 4.98 Å². The molecular formula is C20H23ClN6. The molecule has 0 spiro atoms. The van der Waals surface area contributed by atoms with Crippen LogP contribution in [0.2, 0.25) is 5.02 Å². The Kier molecular flexibility index (Phi) is 4.98. The van der Waals surface area contributed by atoms with Crippen molar-refractivity contribution in [3.63, 3.8) is 0 Å². The highest BCUT2D eigenvalue weighted by Crippen LogP contribution is 2.35. The van der Waals surface area contributed by atoms with Gasteiger partial charge in [-0.05, 0) is 57.8 Å². The number of fused-ring (bicyclic) bond motifs is 1. The maximum absolute atomic E-state index is 9.02. The van der Waals surface area contributed by atoms with E-state index in [1.165, 1.54) is 31.1 Å². The zero-order valence-electron chi connectivity index (χ0n) is 15.7. The molecule has 0 aliphatic carbocycles. The van der Waals surface area contributed by atoms with Crippen molar-refractivity contribution in [1.29, 1.82) is 5.26 Å². The number of nitrogens with zero attached hydrogens (tertiary/aromatic N) is 6. The Morgan fingerprint density at radius 3 is 2.81 bits per heavy atom. The van der Waals surface area contributed by atoms with E-state index in [-0.39, 0.29) is 0 Å². The van der Waals surface area contributed by atoms with Crippen LogP contribution in [-0.4, -0.2) is 52.8 Å². The van der Waals surface area contributed by atoms with Gasteiger partial charge >= 0.3 is 0 Å². The van der Waals surface area contributed by atoms with Crippen LogP contribution in [0.5, 0.6) is 0 Å². The Morgan fingerprint density at radius 1 is 1.22 bits per heavy atom. The van der Waals surface area contributed by atoms with Crippen molar-refractivity contribution in [2.75, 3.05) is 31.6 Å². The van der Waals surface area contributed by atoms with E-state index in [0.29, 0.717) is 28.0 Å². The number of nitriles is 1. The highest BCUT2D eigenvalue weighted by molar-refractivity contribution is 6.33. The molecule has 4 rings (SSSR count). The molecule has 2 aliphatic rings. The van der Waals surface area contributed by atoms with E-state index in [1.54, 1.807) is 6.07 Å². The smallest absolute Gasteiger partial charge is 0.155 e. The minimum atomic E-state index is 0.438. The zero-order chi connectivity index (χ0) is 19.0. The molecule has 27 heavy (non-hydrogen) atoms. The summed E-state index contributed by atoms with van der Waals surface area (Å²) in [5, 5.41) is 18.6. The SMILES string of the molecule is Cc1c(-c2ncc(C#N)cc2Cl)nnc2c1CCCN2[C@H]1CCCN(C)C1. The first kappa shape index (κ1) is 18.1. The first-order valence-corrected chi connectivity index (χ1v) is 9.83. The highest BCUT2D eigenvalue weighted by atomic mass is 35.5. The summed E-state index contributed by atoms with van der Waals surface area (Å²) >= 11 is 6.37. The van der Waals surface area contributed by atoms with Gasteiger partial charge in [0.1, 0.15) is 17.5 Å². The lowest BCUT2D eigenvalue weighted by Gasteiger charge is -2.41. The molecule has 0 N–H and O–H groups in total. The van der Waals surface area contributed by atoms with Crippen LogP contribution in [0.1, 0.15) is 36.0 Å². The Labute approximate surface area is 164 Å². The van der Waals surface area contributed by atoms with E-state index >= 15 is 0 Å². The van der Waals surface area contributed by atoms with Gasteiger partial charge in [0, 0.05) is 30.9 Å². The van der Waals surface area contributed by atoms with Crippen molar-refractivity contribution in [2.45, 2.75) is 38.6 Å². The van der Waals surface area contributed by atoms with Crippen LogP contribution in [-0.2, 0) is 6.42 Å². The van der Waals surface area contributed by atoms with E-state index in [9.17, 15) is 0 Å². The Balaban J connectivity index is 1.72.